The number of hydrogen-bond donors (Lipinski definition) is 0. The molecule has 0 spiro atoms. The van der Waals surface area contributed by atoms with Crippen LogP contribution in [0.4, 0.5) is 0 Å². The van der Waals surface area contributed by atoms with Crippen LogP contribution >= 0.6 is 11.6 Å². The Morgan fingerprint density at radius 2 is 2.05 bits per heavy atom. The van der Waals surface area contributed by atoms with Crippen LogP contribution in [-0.4, -0.2) is 14.1 Å². The van der Waals surface area contributed by atoms with E-state index < -0.39 is 11.2 Å². The van der Waals surface area contributed by atoms with Crippen LogP contribution in [0.3, 0.4) is 0 Å². The minimum atomic E-state index is -0.731. The highest BCUT2D eigenvalue weighted by Gasteiger charge is 2.18. The van der Waals surface area contributed by atoms with Gasteiger partial charge in [-0.15, -0.1) is 0 Å². The van der Waals surface area contributed by atoms with Gasteiger partial charge in [0.2, 0.25) is 5.88 Å². The lowest BCUT2D eigenvalue weighted by molar-refractivity contribution is 0.420. The predicted molar refractivity (Wildman–Crippen MR) is 71.0 cm³/mol. The third-order valence-electron chi connectivity index (χ3n) is 2.65. The van der Waals surface area contributed by atoms with Gasteiger partial charge in [-0.05, 0) is 12.1 Å². The molecule has 0 unspecified atom stereocenters. The van der Waals surface area contributed by atoms with Gasteiger partial charge in [0.1, 0.15) is 6.07 Å². The van der Waals surface area contributed by atoms with Crippen molar-refractivity contribution < 1.29 is 4.74 Å². The zero-order chi connectivity index (χ0) is 14.9. The third kappa shape index (κ3) is 2.17. The van der Waals surface area contributed by atoms with Crippen LogP contribution in [0.5, 0.6) is 11.6 Å². The average molecular weight is 293 g/mol. The fourth-order valence-corrected chi connectivity index (χ4v) is 1.75. The van der Waals surface area contributed by atoms with Crippen molar-refractivity contribution >= 4 is 11.6 Å². The predicted octanol–water partition coefficient (Wildman–Crippen LogP) is 0.796. The monoisotopic (exact) mass is 292 g/mol. The van der Waals surface area contributed by atoms with Crippen molar-refractivity contribution in [2.24, 2.45) is 14.1 Å². The molecule has 0 aliphatic heterocycles. The lowest BCUT2D eigenvalue weighted by Crippen LogP contribution is -2.38. The molecule has 20 heavy (non-hydrogen) atoms. The van der Waals surface area contributed by atoms with Crippen LogP contribution in [0.1, 0.15) is 5.56 Å². The van der Waals surface area contributed by atoms with Gasteiger partial charge < -0.3 is 4.74 Å². The van der Waals surface area contributed by atoms with E-state index in [0.717, 1.165) is 9.13 Å². The molecule has 0 bridgehead atoms. The highest BCUT2D eigenvalue weighted by molar-refractivity contribution is 6.30. The number of nitrogens with zero attached hydrogens (tertiary/aromatic N) is 4. The number of halogens is 1. The summed E-state index contributed by atoms with van der Waals surface area (Å²) in [6, 6.07) is 4.82. The van der Waals surface area contributed by atoms with E-state index in [4.69, 9.17) is 21.6 Å². The molecule has 0 aliphatic carbocycles. The van der Waals surface area contributed by atoms with Gasteiger partial charge in [0.25, 0.3) is 5.56 Å². The van der Waals surface area contributed by atoms with Crippen LogP contribution in [0.2, 0.25) is 5.15 Å². The first-order valence-electron chi connectivity index (χ1n) is 5.46. The molecule has 8 heteroatoms. The number of rotatable bonds is 2. The number of hydrogen-bond acceptors (Lipinski definition) is 5. The van der Waals surface area contributed by atoms with Gasteiger partial charge in [-0.1, -0.05) is 11.6 Å². The molecule has 0 aliphatic rings. The average Bonchev–Trinajstić information content (AvgIpc) is 2.45. The standard InChI is InChI=1S/C12H9ClN4O3/c1-16-10(18)7(6-14)11(17(2)12(16)19)20-8-4-3-5-15-9(8)13/h3-5H,1-2H3. The number of ether oxygens (including phenoxy) is 1. The van der Waals surface area contributed by atoms with Gasteiger partial charge in [-0.2, -0.15) is 5.26 Å². The van der Waals surface area contributed by atoms with E-state index in [-0.39, 0.29) is 22.3 Å². The largest absolute Gasteiger partial charge is 0.436 e. The maximum Gasteiger partial charge on any atom is 0.333 e. The number of pyridine rings is 1. The van der Waals surface area contributed by atoms with Crippen molar-refractivity contribution in [2.45, 2.75) is 0 Å². The van der Waals surface area contributed by atoms with E-state index >= 15 is 0 Å². The lowest BCUT2D eigenvalue weighted by Gasteiger charge is -2.12. The normalized spacial score (nSPS) is 10.1. The molecule has 102 valence electrons. The molecule has 0 amide bonds. The smallest absolute Gasteiger partial charge is 0.333 e. The highest BCUT2D eigenvalue weighted by atomic mass is 35.5. The Hall–Kier alpha value is -2.59. The minimum Gasteiger partial charge on any atom is -0.436 e. The molecule has 2 rings (SSSR count). The van der Waals surface area contributed by atoms with Gasteiger partial charge in [0.05, 0.1) is 0 Å². The zero-order valence-electron chi connectivity index (χ0n) is 10.6. The SMILES string of the molecule is Cn1c(Oc2cccnc2Cl)c(C#N)c(=O)n(C)c1=O. The maximum atomic E-state index is 11.9. The third-order valence-corrected chi connectivity index (χ3v) is 2.94. The first kappa shape index (κ1) is 13.8. The Bertz CT molecular complexity index is 832. The Labute approximate surface area is 118 Å². The van der Waals surface area contributed by atoms with E-state index in [1.54, 1.807) is 12.1 Å². The van der Waals surface area contributed by atoms with Gasteiger partial charge in [0, 0.05) is 20.3 Å². The second-order valence-electron chi connectivity index (χ2n) is 3.89. The van der Waals surface area contributed by atoms with Crippen LogP contribution in [0, 0.1) is 11.3 Å². The summed E-state index contributed by atoms with van der Waals surface area (Å²) >= 11 is 5.84. The summed E-state index contributed by atoms with van der Waals surface area (Å²) in [5.41, 5.74) is -1.62. The Morgan fingerprint density at radius 1 is 1.35 bits per heavy atom. The molecular weight excluding hydrogens is 284 g/mol. The van der Waals surface area contributed by atoms with Gasteiger partial charge in [-0.25, -0.2) is 9.78 Å². The van der Waals surface area contributed by atoms with E-state index in [2.05, 4.69) is 4.98 Å². The first-order chi connectivity index (χ1) is 9.47. The molecule has 0 fully saturated rings. The van der Waals surface area contributed by atoms with Crippen molar-refractivity contribution in [3.8, 4) is 17.7 Å². The summed E-state index contributed by atoms with van der Waals surface area (Å²) in [6.07, 6.45) is 1.46. The van der Waals surface area contributed by atoms with E-state index in [1.807, 2.05) is 0 Å². The fourth-order valence-electron chi connectivity index (χ4n) is 1.59. The van der Waals surface area contributed by atoms with Gasteiger partial charge in [-0.3, -0.25) is 13.9 Å². The molecule has 0 saturated heterocycles. The van der Waals surface area contributed by atoms with Crippen LogP contribution in [-0.2, 0) is 14.1 Å². The Balaban J connectivity index is 2.70. The first-order valence-corrected chi connectivity index (χ1v) is 5.83. The summed E-state index contributed by atoms with van der Waals surface area (Å²) < 4.78 is 7.30. The van der Waals surface area contributed by atoms with Crippen molar-refractivity contribution in [3.05, 3.63) is 49.9 Å². The quantitative estimate of drug-likeness (QED) is 0.764. The Kier molecular flexibility index (Phi) is 3.59. The topological polar surface area (TPSA) is 89.9 Å². The molecule has 0 radical (unpaired) electrons. The van der Waals surface area contributed by atoms with E-state index in [9.17, 15) is 9.59 Å². The van der Waals surface area contributed by atoms with Crippen molar-refractivity contribution in [1.82, 2.24) is 14.1 Å². The summed E-state index contributed by atoms with van der Waals surface area (Å²) in [5, 5.41) is 9.14. The zero-order valence-corrected chi connectivity index (χ0v) is 11.4. The second kappa shape index (κ2) is 5.19. The second-order valence-corrected chi connectivity index (χ2v) is 4.25. The molecule has 2 aromatic heterocycles. The molecular formula is C12H9ClN4O3. The highest BCUT2D eigenvalue weighted by Crippen LogP contribution is 2.27. The fraction of sp³-hybridized carbons (Fsp3) is 0.167. The Morgan fingerprint density at radius 3 is 2.65 bits per heavy atom. The molecule has 0 aromatic carbocycles. The summed E-state index contributed by atoms with van der Waals surface area (Å²) in [4.78, 5) is 27.5. The molecule has 0 saturated carbocycles. The molecule has 7 nitrogen and oxygen atoms in total. The number of aromatic nitrogens is 3. The van der Waals surface area contributed by atoms with E-state index in [1.165, 1.54) is 26.4 Å². The molecule has 0 atom stereocenters. The summed E-state index contributed by atoms with van der Waals surface area (Å²) in [5.74, 6) is -0.0237. The number of nitriles is 1. The van der Waals surface area contributed by atoms with Crippen molar-refractivity contribution in [3.63, 3.8) is 0 Å². The van der Waals surface area contributed by atoms with Crippen LogP contribution in [0.25, 0.3) is 0 Å². The lowest BCUT2D eigenvalue weighted by atomic mass is 10.3. The van der Waals surface area contributed by atoms with E-state index in [0.29, 0.717) is 0 Å². The maximum absolute atomic E-state index is 11.9. The van der Waals surface area contributed by atoms with Gasteiger partial charge in [0.15, 0.2) is 16.5 Å². The van der Waals surface area contributed by atoms with Crippen LogP contribution in [0.15, 0.2) is 27.9 Å². The summed E-state index contributed by atoms with van der Waals surface area (Å²) in [6.45, 7) is 0. The van der Waals surface area contributed by atoms with Crippen LogP contribution < -0.4 is 16.0 Å². The van der Waals surface area contributed by atoms with Crippen molar-refractivity contribution in [2.75, 3.05) is 0 Å². The summed E-state index contributed by atoms with van der Waals surface area (Å²) in [7, 11) is 2.68. The molecule has 2 heterocycles. The molecule has 2 aromatic rings. The van der Waals surface area contributed by atoms with Crippen molar-refractivity contribution in [1.29, 1.82) is 5.26 Å². The van der Waals surface area contributed by atoms with Gasteiger partial charge >= 0.3 is 5.69 Å². The molecule has 0 N–H and O–H groups in total. The minimum absolute atomic E-state index is 0.0597.